The lowest BCUT2D eigenvalue weighted by molar-refractivity contribution is 0.0601. The van der Waals surface area contributed by atoms with E-state index in [-0.39, 0.29) is 5.69 Å². The molecular formula is C9H9N3O3. The topological polar surface area (TPSA) is 84.3 Å². The van der Waals surface area contributed by atoms with Crippen LogP contribution in [0.25, 0.3) is 10.4 Å². The molecule has 1 aromatic carbocycles. The number of carbonyl (C=O) groups excluding carboxylic acids is 1. The van der Waals surface area contributed by atoms with Crippen LogP contribution < -0.4 is 4.74 Å². The van der Waals surface area contributed by atoms with E-state index in [0.717, 1.165) is 0 Å². The third-order valence-electron chi connectivity index (χ3n) is 1.75. The average molecular weight is 207 g/mol. The molecule has 6 nitrogen and oxygen atoms in total. The van der Waals surface area contributed by atoms with Crippen molar-refractivity contribution in [1.82, 2.24) is 0 Å². The lowest BCUT2D eigenvalue weighted by atomic mass is 10.2. The number of azide groups is 1. The summed E-state index contributed by atoms with van der Waals surface area (Å²) in [6, 6.07) is 4.47. The second-order valence-corrected chi connectivity index (χ2v) is 2.57. The van der Waals surface area contributed by atoms with Gasteiger partial charge in [0.2, 0.25) is 0 Å². The van der Waals surface area contributed by atoms with Gasteiger partial charge in [-0.1, -0.05) is 5.11 Å². The van der Waals surface area contributed by atoms with E-state index in [1.807, 2.05) is 0 Å². The van der Waals surface area contributed by atoms with E-state index in [1.54, 1.807) is 0 Å². The van der Waals surface area contributed by atoms with Crippen LogP contribution in [0.1, 0.15) is 10.4 Å². The summed E-state index contributed by atoms with van der Waals surface area (Å²) in [5.74, 6) is -0.0903. The maximum atomic E-state index is 11.2. The lowest BCUT2D eigenvalue weighted by Gasteiger charge is -2.05. The number of hydrogen-bond acceptors (Lipinski definition) is 4. The Balaban J connectivity index is 3.21. The first-order valence-electron chi connectivity index (χ1n) is 4.04. The normalized spacial score (nSPS) is 8.93. The number of rotatable bonds is 3. The Morgan fingerprint density at radius 3 is 2.73 bits per heavy atom. The minimum Gasteiger partial charge on any atom is -0.496 e. The molecule has 0 atom stereocenters. The standard InChI is InChI=1S/C9H9N3O3/c1-14-8-4-3-6(9(13)15-2)5-7(8)11-12-10/h3-5H,1-2H3. The van der Waals surface area contributed by atoms with Crippen LogP contribution in [0.5, 0.6) is 5.75 Å². The van der Waals surface area contributed by atoms with Crippen LogP contribution in [0.15, 0.2) is 23.3 Å². The molecule has 15 heavy (non-hydrogen) atoms. The highest BCUT2D eigenvalue weighted by Gasteiger charge is 2.08. The second kappa shape index (κ2) is 4.88. The summed E-state index contributed by atoms with van der Waals surface area (Å²) in [7, 11) is 2.73. The van der Waals surface area contributed by atoms with E-state index in [9.17, 15) is 4.79 Å². The Morgan fingerprint density at radius 1 is 1.47 bits per heavy atom. The molecule has 1 rings (SSSR count). The Labute approximate surface area is 86.0 Å². The first kappa shape index (κ1) is 10.9. The summed E-state index contributed by atoms with van der Waals surface area (Å²) < 4.78 is 9.48. The van der Waals surface area contributed by atoms with Gasteiger partial charge in [-0.15, -0.1) is 0 Å². The van der Waals surface area contributed by atoms with Gasteiger partial charge in [0.25, 0.3) is 0 Å². The molecule has 0 saturated carbocycles. The van der Waals surface area contributed by atoms with Gasteiger partial charge in [-0.2, -0.15) is 0 Å². The molecule has 0 N–H and O–H groups in total. The first-order chi connectivity index (χ1) is 7.22. The monoisotopic (exact) mass is 207 g/mol. The van der Waals surface area contributed by atoms with Crippen LogP contribution in [-0.4, -0.2) is 20.2 Å². The van der Waals surface area contributed by atoms with E-state index in [2.05, 4.69) is 14.8 Å². The van der Waals surface area contributed by atoms with E-state index in [0.29, 0.717) is 11.3 Å². The van der Waals surface area contributed by atoms with Crippen molar-refractivity contribution in [1.29, 1.82) is 0 Å². The molecule has 78 valence electrons. The van der Waals surface area contributed by atoms with Crippen molar-refractivity contribution < 1.29 is 14.3 Å². The lowest BCUT2D eigenvalue weighted by Crippen LogP contribution is -2.00. The Bertz CT molecular complexity index is 425. The molecule has 6 heteroatoms. The summed E-state index contributed by atoms with van der Waals surface area (Å²) in [5.41, 5.74) is 8.87. The number of hydrogen-bond donors (Lipinski definition) is 0. The Kier molecular flexibility index (Phi) is 3.54. The van der Waals surface area contributed by atoms with Gasteiger partial charge in [0, 0.05) is 4.91 Å². The van der Waals surface area contributed by atoms with Crippen LogP contribution >= 0.6 is 0 Å². The predicted octanol–water partition coefficient (Wildman–Crippen LogP) is 2.42. The third kappa shape index (κ3) is 2.38. The van der Waals surface area contributed by atoms with Crippen molar-refractivity contribution in [2.24, 2.45) is 5.11 Å². The van der Waals surface area contributed by atoms with Crippen LogP contribution in [0.4, 0.5) is 5.69 Å². The van der Waals surface area contributed by atoms with Crippen LogP contribution in [0.2, 0.25) is 0 Å². The van der Waals surface area contributed by atoms with Crippen molar-refractivity contribution in [3.05, 3.63) is 34.2 Å². The van der Waals surface area contributed by atoms with E-state index in [1.165, 1.54) is 32.4 Å². The van der Waals surface area contributed by atoms with Crippen molar-refractivity contribution in [2.75, 3.05) is 14.2 Å². The van der Waals surface area contributed by atoms with Gasteiger partial charge >= 0.3 is 5.97 Å². The van der Waals surface area contributed by atoms with Crippen molar-refractivity contribution >= 4 is 11.7 Å². The smallest absolute Gasteiger partial charge is 0.337 e. The molecule has 0 spiro atoms. The SMILES string of the molecule is COC(=O)c1ccc(OC)c(N=[N+]=[N-])c1. The summed E-state index contributed by atoms with van der Waals surface area (Å²) in [6.45, 7) is 0. The number of nitrogens with zero attached hydrogens (tertiary/aromatic N) is 3. The molecule has 0 aliphatic carbocycles. The molecule has 0 aromatic heterocycles. The van der Waals surface area contributed by atoms with E-state index in [4.69, 9.17) is 10.3 Å². The minimum absolute atomic E-state index is 0.253. The highest BCUT2D eigenvalue weighted by Crippen LogP contribution is 2.28. The number of esters is 1. The zero-order valence-electron chi connectivity index (χ0n) is 8.30. The molecule has 0 fully saturated rings. The van der Waals surface area contributed by atoms with Gasteiger partial charge in [-0.05, 0) is 23.7 Å². The highest BCUT2D eigenvalue weighted by molar-refractivity contribution is 5.90. The predicted molar refractivity (Wildman–Crippen MR) is 53.1 cm³/mol. The average Bonchev–Trinajstić information content (AvgIpc) is 2.28. The van der Waals surface area contributed by atoms with Gasteiger partial charge in [0.1, 0.15) is 5.75 Å². The fraction of sp³-hybridized carbons (Fsp3) is 0.222. The van der Waals surface area contributed by atoms with Gasteiger partial charge in [-0.25, -0.2) is 4.79 Å². The van der Waals surface area contributed by atoms with Crippen molar-refractivity contribution in [3.63, 3.8) is 0 Å². The van der Waals surface area contributed by atoms with Crippen LogP contribution in [0.3, 0.4) is 0 Å². The summed E-state index contributed by atoms with van der Waals surface area (Å²) in [4.78, 5) is 13.8. The molecule has 0 amide bonds. The number of methoxy groups -OCH3 is 2. The second-order valence-electron chi connectivity index (χ2n) is 2.57. The molecule has 0 bridgehead atoms. The van der Waals surface area contributed by atoms with Gasteiger partial charge in [-0.3, -0.25) is 0 Å². The quantitative estimate of drug-likeness (QED) is 0.330. The first-order valence-corrected chi connectivity index (χ1v) is 4.04. The van der Waals surface area contributed by atoms with Crippen molar-refractivity contribution in [2.45, 2.75) is 0 Å². The molecule has 0 heterocycles. The number of benzene rings is 1. The highest BCUT2D eigenvalue weighted by atomic mass is 16.5. The Morgan fingerprint density at radius 2 is 2.20 bits per heavy atom. The van der Waals surface area contributed by atoms with Crippen LogP contribution in [0, 0.1) is 0 Å². The molecule has 1 aromatic rings. The zero-order valence-corrected chi connectivity index (χ0v) is 8.30. The maximum absolute atomic E-state index is 11.2. The number of carbonyl (C=O) groups is 1. The Hall–Kier alpha value is -2.20. The number of ether oxygens (including phenoxy) is 2. The molecule has 0 radical (unpaired) electrons. The largest absolute Gasteiger partial charge is 0.496 e. The summed E-state index contributed by atoms with van der Waals surface area (Å²) in [5, 5.41) is 3.40. The molecule has 0 saturated heterocycles. The van der Waals surface area contributed by atoms with Gasteiger partial charge < -0.3 is 9.47 Å². The van der Waals surface area contributed by atoms with Crippen LogP contribution in [-0.2, 0) is 4.74 Å². The summed E-state index contributed by atoms with van der Waals surface area (Å²) in [6.07, 6.45) is 0. The third-order valence-corrected chi connectivity index (χ3v) is 1.75. The fourth-order valence-electron chi connectivity index (χ4n) is 1.06. The maximum Gasteiger partial charge on any atom is 0.337 e. The summed E-state index contributed by atoms with van der Waals surface area (Å²) >= 11 is 0. The molecular weight excluding hydrogens is 198 g/mol. The molecule has 0 unspecified atom stereocenters. The molecule has 0 aliphatic rings. The fourth-order valence-corrected chi connectivity index (χ4v) is 1.06. The zero-order chi connectivity index (χ0) is 11.3. The van der Waals surface area contributed by atoms with Gasteiger partial charge in [0.15, 0.2) is 0 Å². The minimum atomic E-state index is -0.493. The molecule has 0 aliphatic heterocycles. The van der Waals surface area contributed by atoms with Gasteiger partial charge in [0.05, 0.1) is 25.5 Å². The van der Waals surface area contributed by atoms with E-state index < -0.39 is 5.97 Å². The van der Waals surface area contributed by atoms with Crippen molar-refractivity contribution in [3.8, 4) is 5.75 Å². The van der Waals surface area contributed by atoms with E-state index >= 15 is 0 Å².